The van der Waals surface area contributed by atoms with E-state index in [0.717, 1.165) is 19.4 Å². The quantitative estimate of drug-likeness (QED) is 0.678. The van der Waals surface area contributed by atoms with Crippen molar-refractivity contribution in [3.8, 4) is 0 Å². The Bertz CT molecular complexity index is 199. The first-order chi connectivity index (χ1) is 7.27. The standard InChI is InChI=1S/C11H22N2OS/c1-3-7-12-8-11(14)13-9-5-4-6-10(9)15-2/h9-10,12H,3-8H2,1-2H3,(H,13,14). The third kappa shape index (κ3) is 4.43. The smallest absolute Gasteiger partial charge is 0.234 e. The molecule has 0 aliphatic heterocycles. The van der Waals surface area contributed by atoms with Gasteiger partial charge in [-0.2, -0.15) is 11.8 Å². The Balaban J connectivity index is 2.19. The summed E-state index contributed by atoms with van der Waals surface area (Å²) in [6.45, 7) is 3.49. The van der Waals surface area contributed by atoms with E-state index in [1.54, 1.807) is 0 Å². The van der Waals surface area contributed by atoms with Gasteiger partial charge in [0.05, 0.1) is 6.54 Å². The molecule has 2 N–H and O–H groups in total. The van der Waals surface area contributed by atoms with Crippen LogP contribution in [0.25, 0.3) is 0 Å². The highest BCUT2D eigenvalue weighted by molar-refractivity contribution is 7.99. The van der Waals surface area contributed by atoms with E-state index in [4.69, 9.17) is 0 Å². The number of amides is 1. The van der Waals surface area contributed by atoms with E-state index in [0.29, 0.717) is 17.8 Å². The van der Waals surface area contributed by atoms with Gasteiger partial charge >= 0.3 is 0 Å². The fraction of sp³-hybridized carbons (Fsp3) is 0.909. The highest BCUT2D eigenvalue weighted by Crippen LogP contribution is 2.28. The lowest BCUT2D eigenvalue weighted by molar-refractivity contribution is -0.120. The number of hydrogen-bond donors (Lipinski definition) is 2. The Hall–Kier alpha value is -0.220. The summed E-state index contributed by atoms with van der Waals surface area (Å²) in [7, 11) is 0. The largest absolute Gasteiger partial charge is 0.351 e. The first-order valence-corrected chi connectivity index (χ1v) is 7.09. The minimum atomic E-state index is 0.148. The lowest BCUT2D eigenvalue weighted by Crippen LogP contribution is -2.43. The van der Waals surface area contributed by atoms with Crippen LogP contribution in [0.3, 0.4) is 0 Å². The predicted octanol–water partition coefficient (Wildman–Crippen LogP) is 1.39. The van der Waals surface area contributed by atoms with Crippen LogP contribution in [0.4, 0.5) is 0 Å². The van der Waals surface area contributed by atoms with E-state index >= 15 is 0 Å². The molecule has 1 saturated carbocycles. The molecular weight excluding hydrogens is 208 g/mol. The molecule has 0 spiro atoms. The summed E-state index contributed by atoms with van der Waals surface area (Å²) >= 11 is 1.88. The molecule has 0 aromatic carbocycles. The van der Waals surface area contributed by atoms with E-state index in [2.05, 4.69) is 23.8 Å². The van der Waals surface area contributed by atoms with Crippen LogP contribution in [0.15, 0.2) is 0 Å². The van der Waals surface area contributed by atoms with Crippen molar-refractivity contribution < 1.29 is 4.79 Å². The second kappa shape index (κ2) is 7.12. The molecule has 0 aromatic heterocycles. The predicted molar refractivity (Wildman–Crippen MR) is 66.2 cm³/mol. The van der Waals surface area contributed by atoms with E-state index in [1.807, 2.05) is 11.8 Å². The van der Waals surface area contributed by atoms with Gasteiger partial charge in [-0.05, 0) is 32.1 Å². The Morgan fingerprint density at radius 1 is 1.47 bits per heavy atom. The Labute approximate surface area is 96.8 Å². The third-order valence-corrected chi connectivity index (χ3v) is 3.98. The van der Waals surface area contributed by atoms with E-state index < -0.39 is 0 Å². The molecule has 2 atom stereocenters. The topological polar surface area (TPSA) is 41.1 Å². The third-order valence-electron chi connectivity index (χ3n) is 2.81. The van der Waals surface area contributed by atoms with Gasteiger partial charge in [-0.15, -0.1) is 0 Å². The van der Waals surface area contributed by atoms with Crippen LogP contribution in [0.2, 0.25) is 0 Å². The van der Waals surface area contributed by atoms with Crippen molar-refractivity contribution in [1.29, 1.82) is 0 Å². The zero-order valence-corrected chi connectivity index (χ0v) is 10.5. The van der Waals surface area contributed by atoms with Gasteiger partial charge in [0, 0.05) is 11.3 Å². The molecule has 4 heteroatoms. The van der Waals surface area contributed by atoms with Crippen LogP contribution in [0.5, 0.6) is 0 Å². The molecule has 0 heterocycles. The zero-order valence-electron chi connectivity index (χ0n) is 9.71. The summed E-state index contributed by atoms with van der Waals surface area (Å²) in [6.07, 6.45) is 6.84. The van der Waals surface area contributed by atoms with E-state index in [9.17, 15) is 4.79 Å². The highest BCUT2D eigenvalue weighted by atomic mass is 32.2. The first-order valence-electron chi connectivity index (χ1n) is 5.80. The zero-order chi connectivity index (χ0) is 11.1. The van der Waals surface area contributed by atoms with E-state index in [1.165, 1.54) is 12.8 Å². The van der Waals surface area contributed by atoms with Gasteiger partial charge in [0.1, 0.15) is 0 Å². The Morgan fingerprint density at radius 3 is 2.93 bits per heavy atom. The molecule has 0 saturated heterocycles. The molecule has 0 aromatic rings. The summed E-state index contributed by atoms with van der Waals surface area (Å²) in [5.74, 6) is 0.148. The molecule has 15 heavy (non-hydrogen) atoms. The van der Waals surface area contributed by atoms with Crippen LogP contribution in [-0.2, 0) is 4.79 Å². The summed E-state index contributed by atoms with van der Waals surface area (Å²) in [6, 6.07) is 0.399. The van der Waals surface area contributed by atoms with Crippen molar-refractivity contribution in [2.75, 3.05) is 19.3 Å². The molecule has 1 rings (SSSR count). The van der Waals surface area contributed by atoms with Gasteiger partial charge in [0.15, 0.2) is 0 Å². The number of thioether (sulfide) groups is 1. The minimum Gasteiger partial charge on any atom is -0.351 e. The van der Waals surface area contributed by atoms with Crippen molar-refractivity contribution in [3.63, 3.8) is 0 Å². The van der Waals surface area contributed by atoms with Crippen molar-refractivity contribution >= 4 is 17.7 Å². The minimum absolute atomic E-state index is 0.148. The van der Waals surface area contributed by atoms with E-state index in [-0.39, 0.29) is 5.91 Å². The molecule has 3 nitrogen and oxygen atoms in total. The lowest BCUT2D eigenvalue weighted by atomic mass is 10.2. The maximum absolute atomic E-state index is 11.6. The van der Waals surface area contributed by atoms with Gasteiger partial charge in [0.25, 0.3) is 0 Å². The number of hydrogen-bond acceptors (Lipinski definition) is 3. The molecule has 2 unspecified atom stereocenters. The van der Waals surface area contributed by atoms with Crippen molar-refractivity contribution in [2.45, 2.75) is 43.9 Å². The summed E-state index contributed by atoms with van der Waals surface area (Å²) in [4.78, 5) is 11.6. The fourth-order valence-corrected chi connectivity index (χ4v) is 2.94. The van der Waals surface area contributed by atoms with Crippen LogP contribution >= 0.6 is 11.8 Å². The van der Waals surface area contributed by atoms with Crippen LogP contribution in [0.1, 0.15) is 32.6 Å². The molecule has 0 radical (unpaired) electrons. The number of carbonyl (C=O) groups excluding carboxylic acids is 1. The van der Waals surface area contributed by atoms with Crippen molar-refractivity contribution in [3.05, 3.63) is 0 Å². The molecule has 1 fully saturated rings. The normalized spacial score (nSPS) is 25.5. The lowest BCUT2D eigenvalue weighted by Gasteiger charge is -2.19. The van der Waals surface area contributed by atoms with Gasteiger partial charge < -0.3 is 10.6 Å². The SMILES string of the molecule is CCCNCC(=O)NC1CCCC1SC. The van der Waals surface area contributed by atoms with Crippen LogP contribution < -0.4 is 10.6 Å². The molecular formula is C11H22N2OS. The average molecular weight is 230 g/mol. The molecule has 0 bridgehead atoms. The monoisotopic (exact) mass is 230 g/mol. The maximum atomic E-state index is 11.6. The maximum Gasteiger partial charge on any atom is 0.234 e. The second-order valence-electron chi connectivity index (χ2n) is 4.06. The van der Waals surface area contributed by atoms with Crippen LogP contribution in [-0.4, -0.2) is 36.5 Å². The average Bonchev–Trinajstić information content (AvgIpc) is 2.65. The van der Waals surface area contributed by atoms with Gasteiger partial charge in [0.2, 0.25) is 5.91 Å². The fourth-order valence-electron chi connectivity index (χ4n) is 2.01. The molecule has 1 aliphatic carbocycles. The number of nitrogens with one attached hydrogen (secondary N) is 2. The van der Waals surface area contributed by atoms with Gasteiger partial charge in [-0.1, -0.05) is 13.3 Å². The van der Waals surface area contributed by atoms with Crippen molar-refractivity contribution in [1.82, 2.24) is 10.6 Å². The summed E-state index contributed by atoms with van der Waals surface area (Å²) < 4.78 is 0. The van der Waals surface area contributed by atoms with Crippen LogP contribution in [0, 0.1) is 0 Å². The number of rotatable bonds is 6. The van der Waals surface area contributed by atoms with Crippen molar-refractivity contribution in [2.24, 2.45) is 0 Å². The summed E-state index contributed by atoms with van der Waals surface area (Å²) in [5, 5.41) is 6.86. The summed E-state index contributed by atoms with van der Waals surface area (Å²) in [5.41, 5.74) is 0. The first kappa shape index (κ1) is 12.8. The number of carbonyl (C=O) groups is 1. The molecule has 1 amide bonds. The highest BCUT2D eigenvalue weighted by Gasteiger charge is 2.27. The Morgan fingerprint density at radius 2 is 2.27 bits per heavy atom. The van der Waals surface area contributed by atoms with Gasteiger partial charge in [-0.3, -0.25) is 4.79 Å². The van der Waals surface area contributed by atoms with Gasteiger partial charge in [-0.25, -0.2) is 0 Å². The Kier molecular flexibility index (Phi) is 6.10. The second-order valence-corrected chi connectivity index (χ2v) is 5.13. The molecule has 1 aliphatic rings. The molecule has 88 valence electrons.